The van der Waals surface area contributed by atoms with E-state index in [1.54, 1.807) is 6.07 Å². The number of rotatable bonds is 5. The van der Waals surface area contributed by atoms with Gasteiger partial charge < -0.3 is 10.4 Å². The summed E-state index contributed by atoms with van der Waals surface area (Å²) in [6.45, 7) is 6.55. The van der Waals surface area contributed by atoms with Gasteiger partial charge in [-0.2, -0.15) is 0 Å². The Balaban J connectivity index is 2.74. The second kappa shape index (κ2) is 5.93. The van der Waals surface area contributed by atoms with Gasteiger partial charge >= 0.3 is 0 Å². The first-order chi connectivity index (χ1) is 7.15. The molecule has 82 valence electrons. The normalized spacial score (nSPS) is 12.4. The molecule has 0 heterocycles. The molecule has 1 rings (SSSR count). The predicted molar refractivity (Wildman–Crippen MR) is 67.2 cm³/mol. The number of benzene rings is 1. The zero-order chi connectivity index (χ0) is 11.3. The molecule has 15 heavy (non-hydrogen) atoms. The van der Waals surface area contributed by atoms with E-state index in [0.717, 1.165) is 16.5 Å². The minimum atomic E-state index is 0.167. The van der Waals surface area contributed by atoms with Crippen molar-refractivity contribution in [3.8, 4) is 5.75 Å². The number of para-hydroxylation sites is 1. The zero-order valence-electron chi connectivity index (χ0n) is 8.83. The molecule has 0 bridgehead atoms. The van der Waals surface area contributed by atoms with Gasteiger partial charge in [-0.15, -0.1) is 0 Å². The van der Waals surface area contributed by atoms with Crippen molar-refractivity contribution in [1.82, 2.24) is 5.32 Å². The Morgan fingerprint density at radius 1 is 1.53 bits per heavy atom. The van der Waals surface area contributed by atoms with Gasteiger partial charge in [0, 0.05) is 22.6 Å². The standard InChI is InChI=1S/C12H16BrNO/c1-3-11(14-8-9(2)13)10-6-4-5-7-12(10)15/h4-7,11,14-15H,2-3,8H2,1H3. The summed E-state index contributed by atoms with van der Waals surface area (Å²) in [6.07, 6.45) is 0.928. The highest BCUT2D eigenvalue weighted by atomic mass is 79.9. The summed E-state index contributed by atoms with van der Waals surface area (Å²) in [5, 5.41) is 13.0. The molecule has 0 aliphatic heterocycles. The van der Waals surface area contributed by atoms with Crippen LogP contribution in [0.25, 0.3) is 0 Å². The van der Waals surface area contributed by atoms with Gasteiger partial charge in [-0.25, -0.2) is 0 Å². The molecule has 3 heteroatoms. The maximum atomic E-state index is 9.70. The summed E-state index contributed by atoms with van der Waals surface area (Å²) in [5.74, 6) is 0.344. The van der Waals surface area contributed by atoms with Crippen molar-refractivity contribution in [1.29, 1.82) is 0 Å². The van der Waals surface area contributed by atoms with Crippen LogP contribution in [0.3, 0.4) is 0 Å². The third-order valence-electron chi connectivity index (χ3n) is 2.26. The Morgan fingerprint density at radius 2 is 2.20 bits per heavy atom. The number of phenolic OH excluding ortho intramolecular Hbond substituents is 1. The summed E-state index contributed by atoms with van der Waals surface area (Å²) >= 11 is 3.30. The summed E-state index contributed by atoms with van der Waals surface area (Å²) in [5.41, 5.74) is 0.939. The molecule has 1 aromatic rings. The van der Waals surface area contributed by atoms with E-state index in [4.69, 9.17) is 0 Å². The SMILES string of the molecule is C=C(Br)CNC(CC)c1ccccc1O. The fraction of sp³-hybridized carbons (Fsp3) is 0.333. The maximum absolute atomic E-state index is 9.70. The highest BCUT2D eigenvalue weighted by molar-refractivity contribution is 9.11. The Kier molecular flexibility index (Phi) is 4.85. The molecule has 0 saturated carbocycles. The first kappa shape index (κ1) is 12.3. The molecule has 0 aliphatic rings. The number of hydrogen-bond acceptors (Lipinski definition) is 2. The van der Waals surface area contributed by atoms with Crippen LogP contribution in [0.5, 0.6) is 5.75 Å². The van der Waals surface area contributed by atoms with E-state index in [0.29, 0.717) is 12.3 Å². The smallest absolute Gasteiger partial charge is 0.120 e. The van der Waals surface area contributed by atoms with Crippen molar-refractivity contribution in [3.05, 3.63) is 40.9 Å². The molecule has 0 fully saturated rings. The second-order valence-electron chi connectivity index (χ2n) is 3.42. The lowest BCUT2D eigenvalue weighted by atomic mass is 10.0. The van der Waals surface area contributed by atoms with E-state index in [9.17, 15) is 5.11 Å². The van der Waals surface area contributed by atoms with Crippen molar-refractivity contribution in [2.45, 2.75) is 19.4 Å². The molecule has 2 N–H and O–H groups in total. The van der Waals surface area contributed by atoms with Crippen LogP contribution in [-0.2, 0) is 0 Å². The van der Waals surface area contributed by atoms with E-state index >= 15 is 0 Å². The Hall–Kier alpha value is -0.800. The molecule has 0 saturated heterocycles. The molecule has 1 unspecified atom stereocenters. The number of phenols is 1. The Morgan fingerprint density at radius 3 is 2.73 bits per heavy atom. The van der Waals surface area contributed by atoms with Crippen LogP contribution >= 0.6 is 15.9 Å². The fourth-order valence-electron chi connectivity index (χ4n) is 1.49. The van der Waals surface area contributed by atoms with Crippen molar-refractivity contribution in [2.24, 2.45) is 0 Å². The minimum Gasteiger partial charge on any atom is -0.508 e. The first-order valence-electron chi connectivity index (χ1n) is 4.99. The topological polar surface area (TPSA) is 32.3 Å². The number of aromatic hydroxyl groups is 1. The van der Waals surface area contributed by atoms with Crippen LogP contribution in [0.4, 0.5) is 0 Å². The molecule has 0 aliphatic carbocycles. The van der Waals surface area contributed by atoms with E-state index < -0.39 is 0 Å². The predicted octanol–water partition coefficient (Wildman–Crippen LogP) is 3.34. The number of hydrogen-bond donors (Lipinski definition) is 2. The summed E-state index contributed by atoms with van der Waals surface area (Å²) in [6, 6.07) is 7.58. The molecule has 1 aromatic carbocycles. The van der Waals surface area contributed by atoms with Gasteiger partial charge in [-0.05, 0) is 12.5 Å². The molecular formula is C12H16BrNO. The Bertz CT molecular complexity index is 338. The third-order valence-corrected chi connectivity index (χ3v) is 2.54. The second-order valence-corrected chi connectivity index (χ2v) is 4.54. The molecule has 0 radical (unpaired) electrons. The average Bonchev–Trinajstić information content (AvgIpc) is 2.21. The summed E-state index contributed by atoms with van der Waals surface area (Å²) in [7, 11) is 0. The van der Waals surface area contributed by atoms with Gasteiger partial charge in [0.1, 0.15) is 5.75 Å². The Labute approximate surface area is 99.1 Å². The minimum absolute atomic E-state index is 0.167. The maximum Gasteiger partial charge on any atom is 0.120 e. The fourth-order valence-corrected chi connectivity index (χ4v) is 1.65. The summed E-state index contributed by atoms with van der Waals surface area (Å²) < 4.78 is 0.913. The van der Waals surface area contributed by atoms with Crippen molar-refractivity contribution in [3.63, 3.8) is 0 Å². The molecule has 1 atom stereocenters. The first-order valence-corrected chi connectivity index (χ1v) is 5.79. The highest BCUT2D eigenvalue weighted by Gasteiger charge is 2.11. The van der Waals surface area contributed by atoms with Gasteiger partial charge in [-0.1, -0.05) is 47.6 Å². The molecular weight excluding hydrogens is 254 g/mol. The van der Waals surface area contributed by atoms with Crippen LogP contribution in [0.1, 0.15) is 24.9 Å². The van der Waals surface area contributed by atoms with E-state index in [1.165, 1.54) is 0 Å². The van der Waals surface area contributed by atoms with Gasteiger partial charge in [0.15, 0.2) is 0 Å². The summed E-state index contributed by atoms with van der Waals surface area (Å²) in [4.78, 5) is 0. The van der Waals surface area contributed by atoms with Crippen LogP contribution in [0.2, 0.25) is 0 Å². The van der Waals surface area contributed by atoms with Crippen LogP contribution < -0.4 is 5.32 Å². The molecule has 0 spiro atoms. The zero-order valence-corrected chi connectivity index (χ0v) is 10.4. The highest BCUT2D eigenvalue weighted by Crippen LogP contribution is 2.25. The molecule has 0 aromatic heterocycles. The van der Waals surface area contributed by atoms with E-state index in [1.807, 2.05) is 18.2 Å². The molecule has 0 amide bonds. The lowest BCUT2D eigenvalue weighted by Gasteiger charge is -2.18. The monoisotopic (exact) mass is 269 g/mol. The van der Waals surface area contributed by atoms with E-state index in [-0.39, 0.29) is 6.04 Å². The average molecular weight is 270 g/mol. The van der Waals surface area contributed by atoms with Crippen molar-refractivity contribution < 1.29 is 5.11 Å². The van der Waals surface area contributed by atoms with Crippen LogP contribution in [-0.4, -0.2) is 11.7 Å². The van der Waals surface area contributed by atoms with Crippen LogP contribution in [0.15, 0.2) is 35.3 Å². The number of nitrogens with one attached hydrogen (secondary N) is 1. The van der Waals surface area contributed by atoms with Gasteiger partial charge in [-0.3, -0.25) is 0 Å². The number of halogens is 1. The quantitative estimate of drug-likeness (QED) is 0.860. The van der Waals surface area contributed by atoms with Crippen molar-refractivity contribution >= 4 is 15.9 Å². The van der Waals surface area contributed by atoms with E-state index in [2.05, 4.69) is 34.7 Å². The lowest BCUT2D eigenvalue weighted by molar-refractivity contribution is 0.447. The van der Waals surface area contributed by atoms with Gasteiger partial charge in [0.05, 0.1) is 0 Å². The van der Waals surface area contributed by atoms with Gasteiger partial charge in [0.2, 0.25) is 0 Å². The van der Waals surface area contributed by atoms with Gasteiger partial charge in [0.25, 0.3) is 0 Å². The lowest BCUT2D eigenvalue weighted by Crippen LogP contribution is -2.21. The molecule has 2 nitrogen and oxygen atoms in total. The van der Waals surface area contributed by atoms with Crippen LogP contribution in [0, 0.1) is 0 Å². The third kappa shape index (κ3) is 3.68. The van der Waals surface area contributed by atoms with Crippen molar-refractivity contribution in [2.75, 3.05) is 6.54 Å². The largest absolute Gasteiger partial charge is 0.508 e.